The van der Waals surface area contributed by atoms with Gasteiger partial charge in [-0.1, -0.05) is 0 Å². The zero-order valence-electron chi connectivity index (χ0n) is 6.88. The second-order valence-corrected chi connectivity index (χ2v) is 2.78. The third kappa shape index (κ3) is 3.50. The molecular formula is C8H10F3NO. The quantitative estimate of drug-likeness (QED) is 0.779. The molecular weight excluding hydrogens is 183 g/mol. The summed E-state index contributed by atoms with van der Waals surface area (Å²) in [7, 11) is 0. The molecule has 0 aliphatic rings. The smallest absolute Gasteiger partial charge is 0.390 e. The van der Waals surface area contributed by atoms with E-state index in [4.69, 9.17) is 5.11 Å². The van der Waals surface area contributed by atoms with Crippen LogP contribution in [0.3, 0.4) is 0 Å². The van der Waals surface area contributed by atoms with Crippen molar-refractivity contribution in [3.05, 3.63) is 24.0 Å². The number of hydrogen-bond donors (Lipinski definition) is 1. The molecule has 1 rings (SSSR count). The number of aliphatic hydroxyl groups is 1. The summed E-state index contributed by atoms with van der Waals surface area (Å²) in [6.45, 7) is -0.234. The molecule has 0 unspecified atom stereocenters. The van der Waals surface area contributed by atoms with Crippen molar-refractivity contribution in [1.29, 1.82) is 0 Å². The Bertz CT molecular complexity index is 267. The summed E-state index contributed by atoms with van der Waals surface area (Å²) < 4.78 is 36.7. The third-order valence-corrected chi connectivity index (χ3v) is 1.65. The van der Waals surface area contributed by atoms with E-state index in [-0.39, 0.29) is 13.2 Å². The zero-order chi connectivity index (χ0) is 9.90. The van der Waals surface area contributed by atoms with Gasteiger partial charge in [-0.25, -0.2) is 0 Å². The van der Waals surface area contributed by atoms with Gasteiger partial charge in [-0.3, -0.25) is 0 Å². The summed E-state index contributed by atoms with van der Waals surface area (Å²) in [6, 6.07) is 1.59. The molecule has 1 aromatic rings. The van der Waals surface area contributed by atoms with E-state index in [0.717, 1.165) is 0 Å². The minimum absolute atomic E-state index is 0.0938. The van der Waals surface area contributed by atoms with Crippen molar-refractivity contribution in [3.63, 3.8) is 0 Å². The number of halogens is 3. The molecule has 0 saturated heterocycles. The Morgan fingerprint density at radius 2 is 2.08 bits per heavy atom. The van der Waals surface area contributed by atoms with Gasteiger partial charge >= 0.3 is 6.18 Å². The van der Waals surface area contributed by atoms with Gasteiger partial charge in [0.05, 0.1) is 13.0 Å². The van der Waals surface area contributed by atoms with Crippen molar-refractivity contribution in [1.82, 2.24) is 4.57 Å². The summed E-state index contributed by atoms with van der Waals surface area (Å²) in [5.41, 5.74) is 0.627. The van der Waals surface area contributed by atoms with Crippen LogP contribution in [0, 0.1) is 0 Å². The predicted octanol–water partition coefficient (Wildman–Crippen LogP) is 1.93. The summed E-state index contributed by atoms with van der Waals surface area (Å²) >= 11 is 0. The molecule has 0 fully saturated rings. The van der Waals surface area contributed by atoms with Crippen molar-refractivity contribution in [3.8, 4) is 0 Å². The molecule has 0 amide bonds. The van der Waals surface area contributed by atoms with Crippen molar-refractivity contribution in [2.24, 2.45) is 0 Å². The second kappa shape index (κ2) is 3.83. The SMILES string of the molecule is OCc1ccn(CCC(F)(F)F)c1. The summed E-state index contributed by atoms with van der Waals surface area (Å²) in [4.78, 5) is 0. The fourth-order valence-electron chi connectivity index (χ4n) is 0.979. The lowest BCUT2D eigenvalue weighted by Crippen LogP contribution is -2.11. The maximum atomic E-state index is 11.8. The standard InChI is InChI=1S/C8H10F3NO/c9-8(10,11)2-4-12-3-1-7(5-12)6-13/h1,3,5,13H,2,4,6H2. The van der Waals surface area contributed by atoms with Crippen molar-refractivity contribution < 1.29 is 18.3 Å². The van der Waals surface area contributed by atoms with E-state index in [9.17, 15) is 13.2 Å². The number of hydrogen-bond acceptors (Lipinski definition) is 1. The molecule has 13 heavy (non-hydrogen) atoms. The second-order valence-electron chi connectivity index (χ2n) is 2.78. The normalized spacial score (nSPS) is 12.0. The van der Waals surface area contributed by atoms with E-state index in [2.05, 4.69) is 0 Å². The van der Waals surface area contributed by atoms with Gasteiger partial charge in [0.15, 0.2) is 0 Å². The number of rotatable bonds is 3. The highest BCUT2D eigenvalue weighted by Crippen LogP contribution is 2.20. The topological polar surface area (TPSA) is 25.2 Å². The highest BCUT2D eigenvalue weighted by Gasteiger charge is 2.26. The molecule has 1 heterocycles. The van der Waals surface area contributed by atoms with Gasteiger partial charge in [0.25, 0.3) is 0 Å². The van der Waals surface area contributed by atoms with Crippen LogP contribution in [-0.4, -0.2) is 15.8 Å². The third-order valence-electron chi connectivity index (χ3n) is 1.65. The van der Waals surface area contributed by atoms with Crippen LogP contribution in [0.15, 0.2) is 18.5 Å². The van der Waals surface area contributed by atoms with Crippen LogP contribution in [0.5, 0.6) is 0 Å². The molecule has 5 heteroatoms. The Kier molecular flexibility index (Phi) is 2.98. The Labute approximate surface area is 73.6 Å². The minimum Gasteiger partial charge on any atom is -0.392 e. The van der Waals surface area contributed by atoms with E-state index in [1.807, 2.05) is 0 Å². The summed E-state index contributed by atoms with van der Waals surface area (Å²) in [6.07, 6.45) is -1.93. The molecule has 0 aliphatic carbocycles. The lowest BCUT2D eigenvalue weighted by Gasteiger charge is -2.06. The summed E-state index contributed by atoms with van der Waals surface area (Å²) in [5.74, 6) is 0. The Hall–Kier alpha value is -0.970. The van der Waals surface area contributed by atoms with Crippen LogP contribution >= 0.6 is 0 Å². The molecule has 0 radical (unpaired) electrons. The first-order valence-corrected chi connectivity index (χ1v) is 3.83. The molecule has 0 bridgehead atoms. The molecule has 0 aromatic carbocycles. The largest absolute Gasteiger partial charge is 0.392 e. The number of aryl methyl sites for hydroxylation is 1. The van der Waals surface area contributed by atoms with Crippen LogP contribution in [0.2, 0.25) is 0 Å². The monoisotopic (exact) mass is 193 g/mol. The molecule has 1 aromatic heterocycles. The first-order valence-electron chi connectivity index (χ1n) is 3.83. The number of nitrogens with zero attached hydrogens (tertiary/aromatic N) is 1. The Balaban J connectivity index is 2.46. The van der Waals surface area contributed by atoms with Crippen LogP contribution in [0.1, 0.15) is 12.0 Å². The lowest BCUT2D eigenvalue weighted by atomic mass is 10.4. The summed E-state index contributed by atoms with van der Waals surface area (Å²) in [5, 5.41) is 8.64. The molecule has 0 saturated carbocycles. The van der Waals surface area contributed by atoms with Gasteiger partial charge in [0.2, 0.25) is 0 Å². The van der Waals surface area contributed by atoms with Crippen LogP contribution < -0.4 is 0 Å². The van der Waals surface area contributed by atoms with Crippen molar-refractivity contribution in [2.75, 3.05) is 0 Å². The maximum absolute atomic E-state index is 11.8. The average molecular weight is 193 g/mol. The number of alkyl halides is 3. The number of aromatic nitrogens is 1. The van der Waals surface area contributed by atoms with E-state index >= 15 is 0 Å². The molecule has 2 nitrogen and oxygen atoms in total. The van der Waals surface area contributed by atoms with Gasteiger partial charge in [-0.15, -0.1) is 0 Å². The van der Waals surface area contributed by atoms with Crippen molar-refractivity contribution >= 4 is 0 Å². The van der Waals surface area contributed by atoms with Gasteiger partial charge < -0.3 is 9.67 Å². The van der Waals surface area contributed by atoms with Gasteiger partial charge in [-0.05, 0) is 11.6 Å². The van der Waals surface area contributed by atoms with E-state index < -0.39 is 12.6 Å². The Morgan fingerprint density at radius 1 is 1.38 bits per heavy atom. The van der Waals surface area contributed by atoms with Crippen LogP contribution in [-0.2, 0) is 13.2 Å². The first kappa shape index (κ1) is 10.1. The van der Waals surface area contributed by atoms with Crippen molar-refractivity contribution in [2.45, 2.75) is 25.7 Å². The number of aliphatic hydroxyl groups excluding tert-OH is 1. The first-order chi connectivity index (χ1) is 6.01. The molecule has 1 N–H and O–H groups in total. The molecule has 0 atom stereocenters. The van der Waals surface area contributed by atoms with Gasteiger partial charge in [0, 0.05) is 18.9 Å². The van der Waals surface area contributed by atoms with E-state index in [1.54, 1.807) is 6.07 Å². The zero-order valence-corrected chi connectivity index (χ0v) is 6.88. The average Bonchev–Trinajstić information content (AvgIpc) is 2.47. The van der Waals surface area contributed by atoms with E-state index in [0.29, 0.717) is 5.56 Å². The van der Waals surface area contributed by atoms with Crippen LogP contribution in [0.25, 0.3) is 0 Å². The molecule has 0 aliphatic heterocycles. The maximum Gasteiger partial charge on any atom is 0.390 e. The van der Waals surface area contributed by atoms with Gasteiger partial charge in [-0.2, -0.15) is 13.2 Å². The highest BCUT2D eigenvalue weighted by atomic mass is 19.4. The fourth-order valence-corrected chi connectivity index (χ4v) is 0.979. The van der Waals surface area contributed by atoms with E-state index in [1.165, 1.54) is 17.0 Å². The lowest BCUT2D eigenvalue weighted by molar-refractivity contribution is -0.136. The highest BCUT2D eigenvalue weighted by molar-refractivity contribution is 5.08. The minimum atomic E-state index is -4.12. The molecule has 74 valence electrons. The fraction of sp³-hybridized carbons (Fsp3) is 0.500. The Morgan fingerprint density at radius 3 is 2.54 bits per heavy atom. The molecule has 0 spiro atoms. The van der Waals surface area contributed by atoms with Gasteiger partial charge in [0.1, 0.15) is 0 Å². The van der Waals surface area contributed by atoms with Crippen LogP contribution in [0.4, 0.5) is 13.2 Å². The predicted molar refractivity (Wildman–Crippen MR) is 41.0 cm³/mol.